The summed E-state index contributed by atoms with van der Waals surface area (Å²) in [5.74, 6) is 0.117. The predicted molar refractivity (Wildman–Crippen MR) is 83.9 cm³/mol. The molecule has 2 aromatic carbocycles. The minimum absolute atomic E-state index is 0.117. The summed E-state index contributed by atoms with van der Waals surface area (Å²) in [6.45, 7) is -2.82. The highest BCUT2D eigenvalue weighted by atomic mass is 32.1. The Morgan fingerprint density at radius 2 is 1.91 bits per heavy atom. The number of aromatic nitrogens is 1. The van der Waals surface area contributed by atoms with Gasteiger partial charge in [-0.2, -0.15) is 13.9 Å². The van der Waals surface area contributed by atoms with E-state index in [1.54, 1.807) is 18.3 Å². The van der Waals surface area contributed by atoms with Gasteiger partial charge in [-0.3, -0.25) is 5.43 Å². The third-order valence-electron chi connectivity index (χ3n) is 2.77. The number of ether oxygens (including phenoxy) is 1. The summed E-state index contributed by atoms with van der Waals surface area (Å²) in [5.41, 5.74) is 4.53. The first-order chi connectivity index (χ1) is 10.7. The minimum atomic E-state index is -2.82. The van der Waals surface area contributed by atoms with E-state index < -0.39 is 6.61 Å². The number of rotatable bonds is 5. The summed E-state index contributed by atoms with van der Waals surface area (Å²) in [7, 11) is 0. The summed E-state index contributed by atoms with van der Waals surface area (Å²) in [4.78, 5) is 4.38. The zero-order valence-electron chi connectivity index (χ0n) is 11.2. The van der Waals surface area contributed by atoms with Gasteiger partial charge < -0.3 is 4.74 Å². The van der Waals surface area contributed by atoms with Crippen molar-refractivity contribution >= 4 is 32.9 Å². The second kappa shape index (κ2) is 6.48. The number of hydrogen-bond acceptors (Lipinski definition) is 5. The minimum Gasteiger partial charge on any atom is -0.435 e. The van der Waals surface area contributed by atoms with Crippen LogP contribution >= 0.6 is 11.3 Å². The Bertz CT molecular complexity index is 754. The highest BCUT2D eigenvalue weighted by Crippen LogP contribution is 2.25. The number of hydrazone groups is 1. The number of benzene rings is 2. The summed E-state index contributed by atoms with van der Waals surface area (Å²) in [6.07, 6.45) is 1.58. The number of thiazole rings is 1. The average molecular weight is 319 g/mol. The Balaban J connectivity index is 1.64. The number of nitrogens with zero attached hydrogens (tertiary/aromatic N) is 2. The van der Waals surface area contributed by atoms with E-state index in [9.17, 15) is 8.78 Å². The van der Waals surface area contributed by atoms with Gasteiger partial charge in [0.05, 0.1) is 16.4 Å². The lowest BCUT2D eigenvalue weighted by Crippen LogP contribution is -2.01. The number of para-hydroxylation sites is 1. The summed E-state index contributed by atoms with van der Waals surface area (Å²) in [5, 5.41) is 4.77. The Morgan fingerprint density at radius 3 is 2.64 bits per heavy atom. The molecule has 1 heterocycles. The van der Waals surface area contributed by atoms with Crippen molar-refractivity contribution in [2.24, 2.45) is 5.10 Å². The molecular formula is C15H11F2N3OS. The molecule has 0 aliphatic carbocycles. The van der Waals surface area contributed by atoms with E-state index in [4.69, 9.17) is 0 Å². The maximum absolute atomic E-state index is 12.0. The highest BCUT2D eigenvalue weighted by Gasteiger charge is 2.03. The first-order valence-corrected chi connectivity index (χ1v) is 7.22. The molecule has 0 saturated heterocycles. The monoisotopic (exact) mass is 319 g/mol. The van der Waals surface area contributed by atoms with Crippen molar-refractivity contribution in [1.82, 2.24) is 4.98 Å². The molecule has 0 amide bonds. The topological polar surface area (TPSA) is 46.5 Å². The number of nitrogens with one attached hydrogen (secondary N) is 1. The molecule has 0 bridgehead atoms. The number of hydrogen-bond donors (Lipinski definition) is 1. The molecule has 3 rings (SSSR count). The van der Waals surface area contributed by atoms with Crippen molar-refractivity contribution in [3.05, 3.63) is 54.1 Å². The van der Waals surface area contributed by atoms with E-state index in [0.717, 1.165) is 15.8 Å². The molecule has 0 aliphatic rings. The highest BCUT2D eigenvalue weighted by molar-refractivity contribution is 7.22. The number of alkyl halides is 2. The second-order valence-electron chi connectivity index (χ2n) is 4.30. The van der Waals surface area contributed by atoms with Gasteiger partial charge in [0.15, 0.2) is 0 Å². The van der Waals surface area contributed by atoms with Crippen LogP contribution in [-0.2, 0) is 0 Å². The van der Waals surface area contributed by atoms with Gasteiger partial charge in [0, 0.05) is 0 Å². The van der Waals surface area contributed by atoms with Crippen molar-refractivity contribution in [2.75, 3.05) is 5.43 Å². The third kappa shape index (κ3) is 3.56. The van der Waals surface area contributed by atoms with Crippen molar-refractivity contribution in [3.8, 4) is 5.75 Å². The average Bonchev–Trinajstić information content (AvgIpc) is 2.91. The molecular weight excluding hydrogens is 308 g/mol. The van der Waals surface area contributed by atoms with Gasteiger partial charge in [0.1, 0.15) is 5.75 Å². The van der Waals surface area contributed by atoms with Crippen LogP contribution in [0.5, 0.6) is 5.75 Å². The van der Waals surface area contributed by atoms with Gasteiger partial charge >= 0.3 is 6.61 Å². The van der Waals surface area contributed by atoms with Crippen LogP contribution in [0.1, 0.15) is 5.56 Å². The maximum atomic E-state index is 12.0. The summed E-state index contributed by atoms with van der Waals surface area (Å²) < 4.78 is 29.4. The normalized spacial score (nSPS) is 11.4. The van der Waals surface area contributed by atoms with Crippen molar-refractivity contribution in [3.63, 3.8) is 0 Å². The van der Waals surface area contributed by atoms with E-state index >= 15 is 0 Å². The van der Waals surface area contributed by atoms with Gasteiger partial charge in [0.2, 0.25) is 5.13 Å². The van der Waals surface area contributed by atoms with Crippen LogP contribution in [0.25, 0.3) is 10.2 Å². The molecule has 112 valence electrons. The van der Waals surface area contributed by atoms with Gasteiger partial charge in [-0.25, -0.2) is 4.98 Å². The Kier molecular flexibility index (Phi) is 4.24. The molecule has 1 aromatic heterocycles. The van der Waals surface area contributed by atoms with Crippen molar-refractivity contribution < 1.29 is 13.5 Å². The van der Waals surface area contributed by atoms with Crippen LogP contribution in [0.4, 0.5) is 13.9 Å². The molecule has 0 atom stereocenters. The fraction of sp³-hybridized carbons (Fsp3) is 0.0667. The number of fused-ring (bicyclic) bond motifs is 1. The molecule has 3 aromatic rings. The lowest BCUT2D eigenvalue weighted by molar-refractivity contribution is -0.0498. The quantitative estimate of drug-likeness (QED) is 0.562. The largest absolute Gasteiger partial charge is 0.435 e. The smallest absolute Gasteiger partial charge is 0.387 e. The number of anilines is 1. The molecule has 22 heavy (non-hydrogen) atoms. The van der Waals surface area contributed by atoms with Crippen LogP contribution in [0, 0.1) is 0 Å². The van der Waals surface area contributed by atoms with Crippen LogP contribution in [0.2, 0.25) is 0 Å². The molecule has 0 radical (unpaired) electrons. The Labute approximate surface area is 129 Å². The molecule has 1 N–H and O–H groups in total. The molecule has 4 nitrogen and oxygen atoms in total. The van der Waals surface area contributed by atoms with Crippen molar-refractivity contribution in [1.29, 1.82) is 0 Å². The van der Waals surface area contributed by atoms with Gasteiger partial charge in [0.25, 0.3) is 0 Å². The summed E-state index contributed by atoms with van der Waals surface area (Å²) in [6, 6.07) is 14.0. The van der Waals surface area contributed by atoms with Crippen LogP contribution in [0.3, 0.4) is 0 Å². The number of halogens is 2. The lowest BCUT2D eigenvalue weighted by atomic mass is 10.2. The first-order valence-electron chi connectivity index (χ1n) is 6.40. The zero-order valence-corrected chi connectivity index (χ0v) is 12.1. The zero-order chi connectivity index (χ0) is 15.4. The standard InChI is InChI=1S/C15H11F2N3OS/c16-14(17)21-11-7-5-10(6-8-11)9-18-20-15-19-12-3-1-2-4-13(12)22-15/h1-9,14H,(H,19,20)/b18-9+. The molecule has 7 heteroatoms. The molecule has 0 aliphatic heterocycles. The van der Waals surface area contributed by atoms with Crippen LogP contribution in [0.15, 0.2) is 53.6 Å². The predicted octanol–water partition coefficient (Wildman–Crippen LogP) is 4.34. The molecule has 0 saturated carbocycles. The second-order valence-corrected chi connectivity index (χ2v) is 5.33. The summed E-state index contributed by atoms with van der Waals surface area (Å²) >= 11 is 1.50. The van der Waals surface area contributed by atoms with Gasteiger partial charge in [-0.1, -0.05) is 23.5 Å². The fourth-order valence-corrected chi connectivity index (χ4v) is 2.63. The third-order valence-corrected chi connectivity index (χ3v) is 3.71. The Morgan fingerprint density at radius 1 is 1.14 bits per heavy atom. The van der Waals surface area contributed by atoms with E-state index in [1.165, 1.54) is 23.5 Å². The van der Waals surface area contributed by atoms with Gasteiger partial charge in [-0.15, -0.1) is 0 Å². The lowest BCUT2D eigenvalue weighted by Gasteiger charge is -2.03. The maximum Gasteiger partial charge on any atom is 0.387 e. The molecule has 0 unspecified atom stereocenters. The van der Waals surface area contributed by atoms with Gasteiger partial charge in [-0.05, 0) is 42.0 Å². The van der Waals surface area contributed by atoms with E-state index in [1.807, 2.05) is 24.3 Å². The van der Waals surface area contributed by atoms with E-state index in [2.05, 4.69) is 20.2 Å². The van der Waals surface area contributed by atoms with E-state index in [0.29, 0.717) is 5.13 Å². The van der Waals surface area contributed by atoms with Crippen LogP contribution < -0.4 is 10.2 Å². The van der Waals surface area contributed by atoms with Crippen molar-refractivity contribution in [2.45, 2.75) is 6.61 Å². The van der Waals surface area contributed by atoms with E-state index in [-0.39, 0.29) is 5.75 Å². The van der Waals surface area contributed by atoms with Crippen LogP contribution in [-0.4, -0.2) is 17.8 Å². The SMILES string of the molecule is FC(F)Oc1ccc(/C=N/Nc2nc3ccccc3s2)cc1. The first kappa shape index (κ1) is 14.4. The fourth-order valence-electron chi connectivity index (χ4n) is 1.82. The Hall–Kier alpha value is -2.54. The molecule has 0 fully saturated rings. The molecule has 0 spiro atoms.